The van der Waals surface area contributed by atoms with E-state index >= 15 is 8.78 Å². The van der Waals surface area contributed by atoms with Gasteiger partial charge in [0.15, 0.2) is 0 Å². The minimum atomic E-state index is -4.57. The summed E-state index contributed by atoms with van der Waals surface area (Å²) in [5, 5.41) is 8.31. The molecule has 44 heavy (non-hydrogen) atoms. The van der Waals surface area contributed by atoms with Gasteiger partial charge in [0.25, 0.3) is 10.0 Å². The standard InChI is InChI=1S/C31H36F4N6O2S/c1-16(2)41-30-22(19-6-8-20(9-7-19)37-14-18(4)32)15-38-31(36)28(30)29(39-41)21-12-25(35)26(13-24(21)34)40-44(42,43)27-11-17(3)5-10-23(27)33/h5,10-13,15-16,18-20,37,40H,6-9,14H2,1-4H3,(H2,36,38)/t18-,19?,20?/m0/s1. The van der Waals surface area contributed by atoms with E-state index in [1.807, 2.05) is 18.6 Å². The first-order valence-electron chi connectivity index (χ1n) is 14.6. The van der Waals surface area contributed by atoms with Crippen molar-refractivity contribution in [3.8, 4) is 11.3 Å². The second-order valence-corrected chi connectivity index (χ2v) is 13.4. The average molecular weight is 633 g/mol. The van der Waals surface area contributed by atoms with Crippen LogP contribution in [0.2, 0.25) is 0 Å². The summed E-state index contributed by atoms with van der Waals surface area (Å²) in [6.07, 6.45) is 4.10. The molecule has 0 bridgehead atoms. The van der Waals surface area contributed by atoms with Crippen molar-refractivity contribution in [3.05, 3.63) is 65.1 Å². The van der Waals surface area contributed by atoms with E-state index in [2.05, 4.69) is 15.4 Å². The SMILES string of the molecule is Cc1ccc(F)c(S(=O)(=O)Nc2cc(F)c(-c3nn(C(C)C)c4c(C5CCC(NC[C@H](C)F)CC5)cnc(N)c34)cc2F)c1. The fourth-order valence-electron chi connectivity index (χ4n) is 5.84. The first-order chi connectivity index (χ1) is 20.8. The molecule has 1 fully saturated rings. The van der Waals surface area contributed by atoms with Gasteiger partial charge in [0.1, 0.15) is 40.0 Å². The van der Waals surface area contributed by atoms with Crippen molar-refractivity contribution >= 4 is 32.4 Å². The second-order valence-electron chi connectivity index (χ2n) is 11.8. The van der Waals surface area contributed by atoms with E-state index in [0.29, 0.717) is 29.1 Å². The molecule has 0 radical (unpaired) electrons. The Hall–Kier alpha value is -3.71. The predicted octanol–water partition coefficient (Wildman–Crippen LogP) is 6.76. The van der Waals surface area contributed by atoms with Crippen LogP contribution < -0.4 is 15.8 Å². The molecular formula is C31H36F4N6O2S. The smallest absolute Gasteiger partial charge is 0.264 e. The lowest BCUT2D eigenvalue weighted by molar-refractivity contribution is 0.290. The lowest BCUT2D eigenvalue weighted by atomic mass is 9.81. The number of sulfonamides is 1. The Balaban J connectivity index is 1.53. The minimum Gasteiger partial charge on any atom is -0.383 e. The number of anilines is 2. The summed E-state index contributed by atoms with van der Waals surface area (Å²) in [4.78, 5) is 3.72. The van der Waals surface area contributed by atoms with Gasteiger partial charge in [-0.25, -0.2) is 31.0 Å². The molecule has 1 saturated carbocycles. The number of nitrogens with one attached hydrogen (secondary N) is 2. The van der Waals surface area contributed by atoms with Crippen LogP contribution in [0.5, 0.6) is 0 Å². The van der Waals surface area contributed by atoms with Crippen LogP contribution in [-0.2, 0) is 10.0 Å². The van der Waals surface area contributed by atoms with Gasteiger partial charge in [-0.1, -0.05) is 6.07 Å². The molecule has 2 heterocycles. The van der Waals surface area contributed by atoms with Crippen molar-refractivity contribution in [2.45, 2.75) is 82.4 Å². The van der Waals surface area contributed by atoms with Gasteiger partial charge in [-0.05, 0) is 88.6 Å². The number of fused-ring (bicyclic) bond motifs is 1. The molecule has 2 aromatic heterocycles. The number of pyridine rings is 1. The van der Waals surface area contributed by atoms with Crippen molar-refractivity contribution in [1.82, 2.24) is 20.1 Å². The molecule has 236 valence electrons. The molecule has 1 aliphatic carbocycles. The Bertz CT molecular complexity index is 1800. The number of rotatable bonds is 9. The summed E-state index contributed by atoms with van der Waals surface area (Å²) < 4.78 is 88.2. The van der Waals surface area contributed by atoms with E-state index in [9.17, 15) is 17.2 Å². The highest BCUT2D eigenvalue weighted by Crippen LogP contribution is 2.42. The highest BCUT2D eigenvalue weighted by Gasteiger charge is 2.30. The largest absolute Gasteiger partial charge is 0.383 e. The number of aromatic nitrogens is 3. The number of hydrogen-bond donors (Lipinski definition) is 3. The van der Waals surface area contributed by atoms with Gasteiger partial charge in [-0.15, -0.1) is 0 Å². The zero-order chi connectivity index (χ0) is 31.9. The second kappa shape index (κ2) is 12.4. The van der Waals surface area contributed by atoms with E-state index in [-0.39, 0.29) is 35.1 Å². The summed E-state index contributed by atoms with van der Waals surface area (Å²) in [5.74, 6) is -2.86. The van der Waals surface area contributed by atoms with E-state index in [4.69, 9.17) is 5.73 Å². The molecular weight excluding hydrogens is 596 g/mol. The van der Waals surface area contributed by atoms with Crippen LogP contribution in [0.15, 0.2) is 41.4 Å². The summed E-state index contributed by atoms with van der Waals surface area (Å²) in [5.41, 5.74) is 7.54. The van der Waals surface area contributed by atoms with Crippen molar-refractivity contribution in [2.24, 2.45) is 0 Å². The molecule has 5 rings (SSSR count). The fraction of sp³-hybridized carbons (Fsp3) is 0.419. The summed E-state index contributed by atoms with van der Waals surface area (Å²) in [6.45, 7) is 7.23. The Morgan fingerprint density at radius 3 is 2.39 bits per heavy atom. The maximum atomic E-state index is 15.7. The van der Waals surface area contributed by atoms with Gasteiger partial charge in [0.2, 0.25) is 0 Å². The lowest BCUT2D eigenvalue weighted by Crippen LogP contribution is -2.36. The lowest BCUT2D eigenvalue weighted by Gasteiger charge is -2.30. The first kappa shape index (κ1) is 31.7. The number of nitrogens with zero attached hydrogens (tertiary/aromatic N) is 3. The van der Waals surface area contributed by atoms with Crippen LogP contribution in [-0.4, -0.2) is 41.9 Å². The van der Waals surface area contributed by atoms with Crippen molar-refractivity contribution in [1.29, 1.82) is 0 Å². The number of hydrogen-bond acceptors (Lipinski definition) is 6. The molecule has 0 amide bonds. The molecule has 4 aromatic rings. The topological polar surface area (TPSA) is 115 Å². The fourth-order valence-corrected chi connectivity index (χ4v) is 7.06. The Morgan fingerprint density at radius 1 is 1.02 bits per heavy atom. The van der Waals surface area contributed by atoms with Crippen LogP contribution >= 0.6 is 0 Å². The van der Waals surface area contributed by atoms with Crippen LogP contribution in [0, 0.1) is 24.4 Å². The third-order valence-electron chi connectivity index (χ3n) is 8.06. The maximum Gasteiger partial charge on any atom is 0.264 e. The van der Waals surface area contributed by atoms with E-state index in [1.54, 1.807) is 17.8 Å². The molecule has 1 atom stereocenters. The molecule has 0 spiro atoms. The van der Waals surface area contributed by atoms with Gasteiger partial charge in [0, 0.05) is 36.5 Å². The number of benzene rings is 2. The molecule has 0 unspecified atom stereocenters. The van der Waals surface area contributed by atoms with Crippen LogP contribution in [0.1, 0.15) is 69.5 Å². The van der Waals surface area contributed by atoms with Crippen LogP contribution in [0.3, 0.4) is 0 Å². The quantitative estimate of drug-likeness (QED) is 0.176. The normalized spacial score (nSPS) is 18.2. The van der Waals surface area contributed by atoms with Gasteiger partial charge in [-0.2, -0.15) is 5.10 Å². The third kappa shape index (κ3) is 6.25. The zero-order valence-corrected chi connectivity index (χ0v) is 25.8. The van der Waals surface area contributed by atoms with E-state index in [1.165, 1.54) is 13.0 Å². The van der Waals surface area contributed by atoms with Gasteiger partial charge < -0.3 is 11.1 Å². The maximum absolute atomic E-state index is 15.7. The van der Waals surface area contributed by atoms with Gasteiger partial charge in [0.05, 0.1) is 16.6 Å². The van der Waals surface area contributed by atoms with Crippen molar-refractivity contribution < 1.29 is 26.0 Å². The molecule has 0 saturated heterocycles. The highest BCUT2D eigenvalue weighted by atomic mass is 32.2. The van der Waals surface area contributed by atoms with Crippen molar-refractivity contribution in [2.75, 3.05) is 17.0 Å². The van der Waals surface area contributed by atoms with Crippen LogP contribution in [0.25, 0.3) is 22.2 Å². The number of halogens is 4. The van der Waals surface area contributed by atoms with Gasteiger partial charge in [-0.3, -0.25) is 9.40 Å². The Labute approximate surface area is 254 Å². The molecule has 13 heteroatoms. The first-order valence-corrected chi connectivity index (χ1v) is 16.1. The molecule has 2 aromatic carbocycles. The molecule has 1 aliphatic rings. The zero-order valence-electron chi connectivity index (χ0n) is 25.0. The number of nitrogen functional groups attached to an aromatic ring is 1. The third-order valence-corrected chi connectivity index (χ3v) is 9.44. The molecule has 8 nitrogen and oxygen atoms in total. The highest BCUT2D eigenvalue weighted by molar-refractivity contribution is 7.92. The Kier molecular flexibility index (Phi) is 8.90. The summed E-state index contributed by atoms with van der Waals surface area (Å²) in [6, 6.07) is 5.08. The molecule has 4 N–H and O–H groups in total. The van der Waals surface area contributed by atoms with Crippen molar-refractivity contribution in [3.63, 3.8) is 0 Å². The van der Waals surface area contributed by atoms with E-state index < -0.39 is 44.2 Å². The summed E-state index contributed by atoms with van der Waals surface area (Å²) >= 11 is 0. The monoisotopic (exact) mass is 632 g/mol. The van der Waals surface area contributed by atoms with E-state index in [0.717, 1.165) is 49.4 Å². The minimum absolute atomic E-state index is 0.0726. The predicted molar refractivity (Wildman–Crippen MR) is 163 cm³/mol. The summed E-state index contributed by atoms with van der Waals surface area (Å²) in [7, 11) is -4.57. The Morgan fingerprint density at radius 2 is 1.73 bits per heavy atom. The molecule has 0 aliphatic heterocycles. The van der Waals surface area contributed by atoms with Crippen LogP contribution in [0.4, 0.5) is 29.1 Å². The van der Waals surface area contributed by atoms with Gasteiger partial charge >= 0.3 is 0 Å². The number of alkyl halides is 1. The number of nitrogens with two attached hydrogens (primary N) is 1. The number of aryl methyl sites for hydroxylation is 1. The average Bonchev–Trinajstić information content (AvgIpc) is 3.37.